The number of benzene rings is 1. The fraction of sp³-hybridized carbons (Fsp3) is 0.423. The molecule has 32 heavy (non-hydrogen) atoms. The number of hydrogen-bond acceptors (Lipinski definition) is 6. The summed E-state index contributed by atoms with van der Waals surface area (Å²) in [5.74, 6) is 0.807. The minimum atomic E-state index is -0.149. The largest absolute Gasteiger partial charge is 0.398 e. The van der Waals surface area contributed by atoms with Gasteiger partial charge in [-0.15, -0.1) is 0 Å². The maximum absolute atomic E-state index is 10.1. The molecule has 1 fully saturated rings. The first kappa shape index (κ1) is 20.9. The highest BCUT2D eigenvalue weighted by molar-refractivity contribution is 5.87. The van der Waals surface area contributed by atoms with Crippen molar-refractivity contribution in [3.8, 4) is 11.3 Å². The van der Waals surface area contributed by atoms with E-state index in [1.54, 1.807) is 17.2 Å². The smallest absolute Gasteiger partial charge is 0.153 e. The standard InChI is InChI=1S/C26H31N5O/c1-17-24(18-6-7-22(28)21(12-18)15-27)30-23(16-32)25(29-17)31-10-8-26(9-11-31)13-19-4-2-3-5-20(19)14-26/h2,4,6-7,12,15,27,32H,3,5,8-11,13-14,16,28H2,1H3. The quantitative estimate of drug-likeness (QED) is 0.489. The van der Waals surface area contributed by atoms with E-state index in [9.17, 15) is 5.11 Å². The molecule has 1 spiro atoms. The summed E-state index contributed by atoms with van der Waals surface area (Å²) in [5, 5.41) is 17.7. The van der Waals surface area contributed by atoms with E-state index in [1.807, 2.05) is 19.1 Å². The van der Waals surface area contributed by atoms with Crippen molar-refractivity contribution in [1.82, 2.24) is 9.97 Å². The van der Waals surface area contributed by atoms with Gasteiger partial charge in [0, 0.05) is 36.1 Å². The average Bonchev–Trinajstić information content (AvgIpc) is 3.17. The van der Waals surface area contributed by atoms with Gasteiger partial charge in [-0.2, -0.15) is 0 Å². The van der Waals surface area contributed by atoms with Gasteiger partial charge in [-0.25, -0.2) is 9.97 Å². The summed E-state index contributed by atoms with van der Waals surface area (Å²) in [7, 11) is 0. The van der Waals surface area contributed by atoms with Gasteiger partial charge < -0.3 is 21.1 Å². The molecule has 1 saturated heterocycles. The number of hydrogen-bond donors (Lipinski definition) is 3. The van der Waals surface area contributed by atoms with Crippen molar-refractivity contribution in [3.05, 3.63) is 58.4 Å². The van der Waals surface area contributed by atoms with Crippen molar-refractivity contribution in [2.24, 2.45) is 5.41 Å². The summed E-state index contributed by atoms with van der Waals surface area (Å²) in [6.07, 6.45) is 13.1. The molecule has 0 bridgehead atoms. The third-order valence-corrected chi connectivity index (χ3v) is 7.45. The number of aromatic nitrogens is 2. The van der Waals surface area contributed by atoms with Gasteiger partial charge >= 0.3 is 0 Å². The van der Waals surface area contributed by atoms with Crippen LogP contribution in [-0.4, -0.2) is 34.4 Å². The summed E-state index contributed by atoms with van der Waals surface area (Å²) >= 11 is 0. The Morgan fingerprint density at radius 2 is 2.03 bits per heavy atom. The lowest BCUT2D eigenvalue weighted by Crippen LogP contribution is -2.40. The Morgan fingerprint density at radius 3 is 2.75 bits per heavy atom. The molecule has 0 unspecified atom stereocenters. The van der Waals surface area contributed by atoms with Gasteiger partial charge in [0.15, 0.2) is 5.82 Å². The molecule has 1 aliphatic heterocycles. The van der Waals surface area contributed by atoms with Crippen LogP contribution in [0.25, 0.3) is 11.3 Å². The number of aliphatic hydroxyl groups is 1. The Hall–Kier alpha value is -2.99. The van der Waals surface area contributed by atoms with Crippen LogP contribution in [0, 0.1) is 17.7 Å². The van der Waals surface area contributed by atoms with Crippen LogP contribution in [0.15, 0.2) is 41.5 Å². The topological polar surface area (TPSA) is 99.1 Å². The molecule has 2 heterocycles. The molecule has 3 aliphatic rings. The highest BCUT2D eigenvalue weighted by Crippen LogP contribution is 2.51. The Balaban J connectivity index is 1.38. The summed E-state index contributed by atoms with van der Waals surface area (Å²) in [6.45, 7) is 3.71. The molecule has 1 aromatic carbocycles. The van der Waals surface area contributed by atoms with Crippen LogP contribution in [0.2, 0.25) is 0 Å². The van der Waals surface area contributed by atoms with Gasteiger partial charge in [0.1, 0.15) is 5.69 Å². The van der Waals surface area contributed by atoms with E-state index in [0.717, 1.165) is 48.7 Å². The van der Waals surface area contributed by atoms with E-state index in [2.05, 4.69) is 17.1 Å². The second-order valence-corrected chi connectivity index (χ2v) is 9.48. The zero-order valence-electron chi connectivity index (χ0n) is 18.7. The third-order valence-electron chi connectivity index (χ3n) is 7.45. The lowest BCUT2D eigenvalue weighted by Gasteiger charge is -2.41. The number of aliphatic hydroxyl groups excluding tert-OH is 1. The van der Waals surface area contributed by atoms with Crippen molar-refractivity contribution in [2.75, 3.05) is 23.7 Å². The van der Waals surface area contributed by atoms with Crippen LogP contribution in [0.5, 0.6) is 0 Å². The van der Waals surface area contributed by atoms with Crippen LogP contribution in [0.3, 0.4) is 0 Å². The Morgan fingerprint density at radius 1 is 1.22 bits per heavy atom. The lowest BCUT2D eigenvalue weighted by molar-refractivity contribution is 0.229. The van der Waals surface area contributed by atoms with E-state index in [1.165, 1.54) is 31.9 Å². The zero-order valence-corrected chi connectivity index (χ0v) is 18.7. The fourth-order valence-electron chi connectivity index (χ4n) is 5.63. The van der Waals surface area contributed by atoms with Gasteiger partial charge in [0.2, 0.25) is 0 Å². The minimum Gasteiger partial charge on any atom is -0.398 e. The van der Waals surface area contributed by atoms with E-state index in [4.69, 9.17) is 21.1 Å². The lowest BCUT2D eigenvalue weighted by atomic mass is 9.75. The number of nitrogens with zero attached hydrogens (tertiary/aromatic N) is 3. The van der Waals surface area contributed by atoms with Crippen LogP contribution in [0.1, 0.15) is 55.5 Å². The minimum absolute atomic E-state index is 0.149. The van der Waals surface area contributed by atoms with E-state index in [0.29, 0.717) is 22.4 Å². The van der Waals surface area contributed by atoms with Gasteiger partial charge in [0.25, 0.3) is 0 Å². The van der Waals surface area contributed by atoms with Crippen LogP contribution < -0.4 is 10.6 Å². The van der Waals surface area contributed by atoms with E-state index >= 15 is 0 Å². The molecule has 2 aromatic rings. The number of anilines is 2. The molecule has 0 atom stereocenters. The van der Waals surface area contributed by atoms with E-state index in [-0.39, 0.29) is 6.61 Å². The van der Waals surface area contributed by atoms with Crippen LogP contribution >= 0.6 is 0 Å². The van der Waals surface area contributed by atoms with Crippen molar-refractivity contribution in [1.29, 1.82) is 5.41 Å². The summed E-state index contributed by atoms with van der Waals surface area (Å²) < 4.78 is 0. The summed E-state index contributed by atoms with van der Waals surface area (Å²) in [4.78, 5) is 12.0. The van der Waals surface area contributed by atoms with Crippen molar-refractivity contribution in [2.45, 2.75) is 52.1 Å². The highest BCUT2D eigenvalue weighted by atomic mass is 16.3. The van der Waals surface area contributed by atoms with Gasteiger partial charge in [0.05, 0.1) is 18.0 Å². The number of allylic oxidation sites excluding steroid dienone is 4. The number of nitrogens with two attached hydrogens (primary N) is 1. The second kappa shape index (κ2) is 8.17. The first-order valence-electron chi connectivity index (χ1n) is 11.5. The maximum atomic E-state index is 10.1. The Labute approximate surface area is 189 Å². The molecule has 2 aliphatic carbocycles. The maximum Gasteiger partial charge on any atom is 0.153 e. The molecule has 0 saturated carbocycles. The van der Waals surface area contributed by atoms with Crippen molar-refractivity contribution in [3.63, 3.8) is 0 Å². The Kier molecular flexibility index (Phi) is 5.33. The number of aryl methyl sites for hydroxylation is 1. The van der Waals surface area contributed by atoms with Crippen molar-refractivity contribution >= 4 is 17.7 Å². The van der Waals surface area contributed by atoms with E-state index < -0.39 is 0 Å². The molecule has 0 amide bonds. The molecule has 4 N–H and O–H groups in total. The highest BCUT2D eigenvalue weighted by Gasteiger charge is 2.41. The predicted octanol–water partition coefficient (Wildman–Crippen LogP) is 4.55. The molecule has 5 rings (SSSR count). The van der Waals surface area contributed by atoms with Crippen LogP contribution in [-0.2, 0) is 6.61 Å². The predicted molar refractivity (Wildman–Crippen MR) is 129 cm³/mol. The third kappa shape index (κ3) is 3.62. The number of nitrogens with one attached hydrogen (secondary N) is 1. The zero-order chi connectivity index (χ0) is 22.3. The normalized spacial score (nSPS) is 19.5. The van der Waals surface area contributed by atoms with Crippen molar-refractivity contribution < 1.29 is 5.11 Å². The van der Waals surface area contributed by atoms with Crippen LogP contribution in [0.4, 0.5) is 11.5 Å². The SMILES string of the molecule is Cc1nc(N2CCC3(CC2)CC2=C(CCC=C2)C3)c(CO)nc1-c1ccc(N)c(C=N)c1. The first-order valence-corrected chi connectivity index (χ1v) is 11.5. The molecule has 0 radical (unpaired) electrons. The van der Waals surface area contributed by atoms with Gasteiger partial charge in [-0.1, -0.05) is 23.8 Å². The molecule has 166 valence electrons. The second-order valence-electron chi connectivity index (χ2n) is 9.48. The molecule has 1 aromatic heterocycles. The number of nitrogen functional groups attached to an aromatic ring is 1. The Bertz CT molecular complexity index is 1130. The number of rotatable bonds is 4. The fourth-order valence-corrected chi connectivity index (χ4v) is 5.63. The van der Waals surface area contributed by atoms with Gasteiger partial charge in [-0.3, -0.25) is 0 Å². The molecular formula is C26H31N5O. The summed E-state index contributed by atoms with van der Waals surface area (Å²) in [6, 6.07) is 5.54. The molecular weight excluding hydrogens is 398 g/mol. The number of piperidine rings is 1. The average molecular weight is 430 g/mol. The molecule has 6 nitrogen and oxygen atoms in total. The monoisotopic (exact) mass is 429 g/mol. The molecule has 6 heteroatoms. The first-order chi connectivity index (χ1) is 15.5. The van der Waals surface area contributed by atoms with Gasteiger partial charge in [-0.05, 0) is 68.6 Å². The summed E-state index contributed by atoms with van der Waals surface area (Å²) in [5.41, 5.74) is 13.9.